The van der Waals surface area contributed by atoms with Crippen LogP contribution in [-0.4, -0.2) is 9.97 Å². The molecule has 2 aromatic heterocycles. The number of pyridine rings is 2. The fraction of sp³-hybridized carbons (Fsp3) is 0.333. The Bertz CT molecular complexity index is 518. The molecule has 0 saturated carbocycles. The van der Waals surface area contributed by atoms with Gasteiger partial charge in [-0.2, -0.15) is 0 Å². The molecule has 0 radical (unpaired) electrons. The fourth-order valence-electron chi connectivity index (χ4n) is 1.70. The van der Waals surface area contributed by atoms with Crippen LogP contribution in [0.3, 0.4) is 0 Å². The average Bonchev–Trinajstić information content (AvgIpc) is 2.25. The number of rotatable bonds is 1. The van der Waals surface area contributed by atoms with Crippen LogP contribution in [0.25, 0.3) is 11.0 Å². The summed E-state index contributed by atoms with van der Waals surface area (Å²) in [6.45, 7) is 6.67. The molecular formula is C12H15N3. The minimum absolute atomic E-state index is 0.462. The highest BCUT2D eigenvalue weighted by atomic mass is 14.9. The van der Waals surface area contributed by atoms with Crippen LogP contribution < -0.4 is 5.73 Å². The Morgan fingerprint density at radius 1 is 1.07 bits per heavy atom. The Hall–Kier alpha value is -1.48. The standard InChI is InChI=1S/C12H15N3/c1-7-8(2)11-5-4-10(6-13)15-12(11)14-9(7)3/h4-5H,6,13H2,1-3H3. The van der Waals surface area contributed by atoms with Gasteiger partial charge in [0.15, 0.2) is 5.65 Å². The van der Waals surface area contributed by atoms with Gasteiger partial charge in [-0.25, -0.2) is 9.97 Å². The van der Waals surface area contributed by atoms with Crippen molar-refractivity contribution in [1.82, 2.24) is 9.97 Å². The number of hydrogen-bond acceptors (Lipinski definition) is 3. The van der Waals surface area contributed by atoms with Gasteiger partial charge in [0.25, 0.3) is 0 Å². The first-order valence-corrected chi connectivity index (χ1v) is 5.07. The molecule has 0 unspecified atom stereocenters. The Labute approximate surface area is 89.4 Å². The van der Waals surface area contributed by atoms with E-state index < -0.39 is 0 Å². The van der Waals surface area contributed by atoms with Crippen molar-refractivity contribution in [3.63, 3.8) is 0 Å². The number of aromatic nitrogens is 2. The third kappa shape index (κ3) is 1.59. The monoisotopic (exact) mass is 201 g/mol. The van der Waals surface area contributed by atoms with E-state index in [1.54, 1.807) is 0 Å². The van der Waals surface area contributed by atoms with Gasteiger partial charge in [0.1, 0.15) is 0 Å². The van der Waals surface area contributed by atoms with Crippen molar-refractivity contribution in [1.29, 1.82) is 0 Å². The van der Waals surface area contributed by atoms with E-state index >= 15 is 0 Å². The van der Waals surface area contributed by atoms with Crippen molar-refractivity contribution in [3.8, 4) is 0 Å². The smallest absolute Gasteiger partial charge is 0.159 e. The van der Waals surface area contributed by atoms with Gasteiger partial charge in [-0.3, -0.25) is 0 Å². The van der Waals surface area contributed by atoms with Crippen LogP contribution in [0.1, 0.15) is 22.5 Å². The van der Waals surface area contributed by atoms with Crippen molar-refractivity contribution in [2.75, 3.05) is 0 Å². The number of fused-ring (bicyclic) bond motifs is 1. The first kappa shape index (κ1) is 10.1. The summed E-state index contributed by atoms with van der Waals surface area (Å²) in [5.74, 6) is 0. The lowest BCUT2D eigenvalue weighted by Gasteiger charge is -2.08. The lowest BCUT2D eigenvalue weighted by Crippen LogP contribution is -2.02. The van der Waals surface area contributed by atoms with Crippen LogP contribution in [0.2, 0.25) is 0 Å². The van der Waals surface area contributed by atoms with E-state index in [4.69, 9.17) is 5.73 Å². The second-order valence-corrected chi connectivity index (χ2v) is 3.83. The molecule has 0 saturated heterocycles. The Morgan fingerprint density at radius 2 is 1.80 bits per heavy atom. The summed E-state index contributed by atoms with van der Waals surface area (Å²) in [6.07, 6.45) is 0. The number of hydrogen-bond donors (Lipinski definition) is 1. The second kappa shape index (κ2) is 3.59. The first-order chi connectivity index (χ1) is 7.13. The second-order valence-electron chi connectivity index (χ2n) is 3.83. The maximum absolute atomic E-state index is 5.56. The van der Waals surface area contributed by atoms with E-state index in [0.29, 0.717) is 6.54 Å². The summed E-state index contributed by atoms with van der Waals surface area (Å²) < 4.78 is 0. The zero-order chi connectivity index (χ0) is 11.0. The van der Waals surface area contributed by atoms with E-state index in [9.17, 15) is 0 Å². The predicted molar refractivity (Wildman–Crippen MR) is 61.6 cm³/mol. The van der Waals surface area contributed by atoms with Gasteiger partial charge in [0.2, 0.25) is 0 Å². The maximum atomic E-state index is 5.56. The third-order valence-electron chi connectivity index (χ3n) is 2.92. The average molecular weight is 201 g/mol. The molecule has 0 aliphatic rings. The normalized spacial score (nSPS) is 10.9. The molecule has 0 spiro atoms. The van der Waals surface area contributed by atoms with Gasteiger partial charge < -0.3 is 5.73 Å². The van der Waals surface area contributed by atoms with Crippen molar-refractivity contribution >= 4 is 11.0 Å². The number of aryl methyl sites for hydroxylation is 2. The summed E-state index contributed by atoms with van der Waals surface area (Å²) in [5.41, 5.74) is 10.8. The first-order valence-electron chi connectivity index (χ1n) is 5.07. The molecule has 2 heterocycles. The lowest BCUT2D eigenvalue weighted by molar-refractivity contribution is 0.993. The quantitative estimate of drug-likeness (QED) is 0.768. The van der Waals surface area contributed by atoms with Gasteiger partial charge in [-0.1, -0.05) is 0 Å². The molecule has 2 rings (SSSR count). The highest BCUT2D eigenvalue weighted by Gasteiger charge is 2.06. The van der Waals surface area contributed by atoms with Gasteiger partial charge >= 0.3 is 0 Å². The molecule has 0 bridgehead atoms. The summed E-state index contributed by atoms with van der Waals surface area (Å²) in [7, 11) is 0. The van der Waals surface area contributed by atoms with Crippen LogP contribution in [0.4, 0.5) is 0 Å². The molecule has 3 heteroatoms. The molecule has 3 nitrogen and oxygen atoms in total. The van der Waals surface area contributed by atoms with Crippen LogP contribution in [0.5, 0.6) is 0 Å². The molecule has 15 heavy (non-hydrogen) atoms. The van der Waals surface area contributed by atoms with E-state index in [0.717, 1.165) is 22.4 Å². The topological polar surface area (TPSA) is 51.8 Å². The maximum Gasteiger partial charge on any atom is 0.159 e. The lowest BCUT2D eigenvalue weighted by atomic mass is 10.1. The van der Waals surface area contributed by atoms with E-state index in [2.05, 4.69) is 29.9 Å². The molecule has 2 N–H and O–H groups in total. The van der Waals surface area contributed by atoms with Crippen molar-refractivity contribution in [3.05, 3.63) is 34.6 Å². The SMILES string of the molecule is Cc1nc2nc(CN)ccc2c(C)c1C. The molecule has 0 aliphatic carbocycles. The largest absolute Gasteiger partial charge is 0.325 e. The van der Waals surface area contributed by atoms with Crippen molar-refractivity contribution in [2.24, 2.45) is 5.73 Å². The summed E-state index contributed by atoms with van der Waals surface area (Å²) in [6, 6.07) is 4.02. The molecule has 78 valence electrons. The predicted octanol–water partition coefficient (Wildman–Crippen LogP) is 2.01. The highest BCUT2D eigenvalue weighted by Crippen LogP contribution is 2.20. The summed E-state index contributed by atoms with van der Waals surface area (Å²) >= 11 is 0. The van der Waals surface area contributed by atoms with E-state index in [1.165, 1.54) is 11.1 Å². The Morgan fingerprint density at radius 3 is 2.47 bits per heavy atom. The molecule has 0 atom stereocenters. The molecule has 0 fully saturated rings. The van der Waals surface area contributed by atoms with Gasteiger partial charge in [-0.05, 0) is 44.0 Å². The molecule has 2 aromatic rings. The Kier molecular flexibility index (Phi) is 2.40. The van der Waals surface area contributed by atoms with Crippen LogP contribution >= 0.6 is 0 Å². The molecule has 0 amide bonds. The summed E-state index contributed by atoms with van der Waals surface area (Å²) in [5, 5.41) is 1.12. The van der Waals surface area contributed by atoms with Crippen molar-refractivity contribution in [2.45, 2.75) is 27.3 Å². The van der Waals surface area contributed by atoms with Crippen LogP contribution in [-0.2, 0) is 6.54 Å². The van der Waals surface area contributed by atoms with E-state index in [-0.39, 0.29) is 0 Å². The fourth-order valence-corrected chi connectivity index (χ4v) is 1.70. The Balaban J connectivity index is 2.80. The molecular weight excluding hydrogens is 186 g/mol. The molecule has 0 aliphatic heterocycles. The van der Waals surface area contributed by atoms with Gasteiger partial charge in [0, 0.05) is 17.6 Å². The zero-order valence-electron chi connectivity index (χ0n) is 9.33. The minimum Gasteiger partial charge on any atom is -0.325 e. The van der Waals surface area contributed by atoms with Gasteiger partial charge in [0.05, 0.1) is 5.69 Å². The van der Waals surface area contributed by atoms with Crippen LogP contribution in [0, 0.1) is 20.8 Å². The van der Waals surface area contributed by atoms with Crippen LogP contribution in [0.15, 0.2) is 12.1 Å². The van der Waals surface area contributed by atoms with E-state index in [1.807, 2.05) is 13.0 Å². The summed E-state index contributed by atoms with van der Waals surface area (Å²) in [4.78, 5) is 8.90. The highest BCUT2D eigenvalue weighted by molar-refractivity contribution is 5.80. The minimum atomic E-state index is 0.462. The number of nitrogens with zero attached hydrogens (tertiary/aromatic N) is 2. The van der Waals surface area contributed by atoms with Crippen molar-refractivity contribution < 1.29 is 0 Å². The zero-order valence-corrected chi connectivity index (χ0v) is 9.33. The van der Waals surface area contributed by atoms with Gasteiger partial charge in [-0.15, -0.1) is 0 Å². The number of nitrogens with two attached hydrogens (primary N) is 1. The molecule has 0 aromatic carbocycles. The third-order valence-corrected chi connectivity index (χ3v) is 2.92.